The lowest BCUT2D eigenvalue weighted by atomic mass is 9.77. The van der Waals surface area contributed by atoms with Crippen LogP contribution in [0, 0.1) is 5.41 Å². The van der Waals surface area contributed by atoms with Crippen LogP contribution in [0.5, 0.6) is 0 Å². The van der Waals surface area contributed by atoms with Crippen molar-refractivity contribution in [3.05, 3.63) is 85.2 Å². The van der Waals surface area contributed by atoms with Gasteiger partial charge in [-0.1, -0.05) is 64.1 Å². The smallest absolute Gasteiger partial charge is 0.140 e. The van der Waals surface area contributed by atoms with E-state index in [0.29, 0.717) is 17.7 Å². The molecule has 0 spiro atoms. The highest BCUT2D eigenvalue weighted by Crippen LogP contribution is 2.32. The Kier molecular flexibility index (Phi) is 9.69. The molecule has 0 amide bonds. The van der Waals surface area contributed by atoms with Crippen LogP contribution in [0.2, 0.25) is 0 Å². The first-order chi connectivity index (χ1) is 11.6. The third-order valence-corrected chi connectivity index (χ3v) is 4.44. The van der Waals surface area contributed by atoms with Gasteiger partial charge in [-0.25, -0.2) is 0 Å². The Hall–Kier alpha value is -2.20. The summed E-state index contributed by atoms with van der Waals surface area (Å²) in [5.74, 6) is 0.100. The Morgan fingerprint density at radius 2 is 1.48 bits per heavy atom. The molecule has 0 radical (unpaired) electrons. The molecule has 0 aromatic heterocycles. The van der Waals surface area contributed by atoms with Crippen LogP contribution in [-0.2, 0) is 4.79 Å². The quantitative estimate of drug-likeness (QED) is 0.238. The lowest BCUT2D eigenvalue weighted by molar-refractivity contribution is -0.123. The molecule has 0 aromatic carbocycles. The molecule has 4 heteroatoms. The van der Waals surface area contributed by atoms with E-state index in [4.69, 9.17) is 0 Å². The van der Waals surface area contributed by atoms with Crippen molar-refractivity contribution in [1.82, 2.24) is 0 Å². The van der Waals surface area contributed by atoms with E-state index < -0.39 is 5.41 Å². The summed E-state index contributed by atoms with van der Waals surface area (Å²) in [6.07, 6.45) is 9.72. The van der Waals surface area contributed by atoms with Gasteiger partial charge in [-0.15, -0.1) is 9.63 Å². The summed E-state index contributed by atoms with van der Waals surface area (Å²) in [5.41, 5.74) is 2.80. The average molecular weight is 357 g/mol. The highest BCUT2D eigenvalue weighted by molar-refractivity contribution is 7.97. The summed E-state index contributed by atoms with van der Waals surface area (Å²) in [5, 5.41) is 3.91. The van der Waals surface area contributed by atoms with Crippen molar-refractivity contribution >= 4 is 17.7 Å². The van der Waals surface area contributed by atoms with Gasteiger partial charge in [-0.3, -0.25) is 4.79 Å². The van der Waals surface area contributed by atoms with E-state index in [0.717, 1.165) is 16.7 Å². The zero-order chi connectivity index (χ0) is 19.6. The molecule has 0 saturated carbocycles. The van der Waals surface area contributed by atoms with Crippen LogP contribution in [0.3, 0.4) is 0 Å². The van der Waals surface area contributed by atoms with E-state index in [-0.39, 0.29) is 5.78 Å². The van der Waals surface area contributed by atoms with Crippen molar-refractivity contribution in [3.8, 4) is 0 Å². The van der Waals surface area contributed by atoms with E-state index in [1.807, 2.05) is 32.3 Å². The summed E-state index contributed by atoms with van der Waals surface area (Å²) < 4.78 is 3.81. The van der Waals surface area contributed by atoms with E-state index >= 15 is 0 Å². The van der Waals surface area contributed by atoms with Crippen molar-refractivity contribution in [2.45, 2.75) is 27.2 Å². The molecule has 0 aliphatic heterocycles. The number of rotatable bonds is 11. The molecule has 25 heavy (non-hydrogen) atoms. The second-order valence-electron chi connectivity index (χ2n) is 5.82. The Labute approximate surface area is 156 Å². The first-order valence-corrected chi connectivity index (χ1v) is 9.05. The molecule has 3 nitrogen and oxygen atoms in total. The average Bonchev–Trinajstić information content (AvgIpc) is 2.59. The normalized spacial score (nSPS) is 13.9. The molecule has 1 atom stereocenters. The van der Waals surface area contributed by atoms with Crippen LogP contribution in [0.4, 0.5) is 0 Å². The minimum Gasteiger partial charge on any atom is -0.299 e. The Morgan fingerprint density at radius 1 is 1.00 bits per heavy atom. The summed E-state index contributed by atoms with van der Waals surface area (Å²) in [6.45, 7) is 25.1. The van der Waals surface area contributed by atoms with E-state index in [9.17, 15) is 4.79 Å². The SMILES string of the molecule is C=C(/C=C\C(=C)C(=C)N=NSC)C(=C)/C=C\C(=C)C(C)(CC)C(C)=O. The maximum Gasteiger partial charge on any atom is 0.140 e. The van der Waals surface area contributed by atoms with Crippen molar-refractivity contribution in [3.63, 3.8) is 0 Å². The number of Topliss-reactive ketones (excluding diaryl/α,β-unsaturated/α-hetero) is 1. The van der Waals surface area contributed by atoms with Crippen LogP contribution >= 0.6 is 11.9 Å². The molecule has 0 fully saturated rings. The van der Waals surface area contributed by atoms with Crippen molar-refractivity contribution in [1.29, 1.82) is 0 Å². The molecule has 0 aromatic rings. The van der Waals surface area contributed by atoms with Gasteiger partial charge >= 0.3 is 0 Å². The van der Waals surface area contributed by atoms with E-state index in [2.05, 4.69) is 42.5 Å². The summed E-state index contributed by atoms with van der Waals surface area (Å²) in [7, 11) is 0. The van der Waals surface area contributed by atoms with Crippen LogP contribution in [0.15, 0.2) is 94.8 Å². The molecule has 134 valence electrons. The maximum atomic E-state index is 11.9. The molecule has 0 aliphatic carbocycles. The predicted molar refractivity (Wildman–Crippen MR) is 111 cm³/mol. The van der Waals surface area contributed by atoms with Crippen LogP contribution < -0.4 is 0 Å². The third-order valence-electron chi connectivity index (χ3n) is 4.19. The van der Waals surface area contributed by atoms with Crippen LogP contribution in [-0.4, -0.2) is 12.0 Å². The van der Waals surface area contributed by atoms with Crippen LogP contribution in [0.25, 0.3) is 0 Å². The molecular weight excluding hydrogens is 328 g/mol. The first-order valence-electron chi connectivity index (χ1n) is 7.87. The largest absolute Gasteiger partial charge is 0.299 e. The summed E-state index contributed by atoms with van der Waals surface area (Å²) in [6, 6.07) is 0. The minimum atomic E-state index is -0.553. The van der Waals surface area contributed by atoms with Gasteiger partial charge < -0.3 is 0 Å². The Morgan fingerprint density at radius 3 is 1.92 bits per heavy atom. The third kappa shape index (κ3) is 7.06. The molecule has 0 rings (SSSR count). The molecule has 0 N–H and O–H groups in total. The van der Waals surface area contributed by atoms with Gasteiger partial charge in [0.2, 0.25) is 0 Å². The molecule has 0 saturated heterocycles. The fourth-order valence-corrected chi connectivity index (χ4v) is 1.93. The van der Waals surface area contributed by atoms with Gasteiger partial charge in [0.25, 0.3) is 0 Å². The lowest BCUT2D eigenvalue weighted by Crippen LogP contribution is -2.25. The standard InChI is InChI=1S/C21H28N2OS/c1-10-21(8,20(7)24)18(5)14-13-16(3)15(2)11-12-17(4)19(6)22-23-25-9/h11-14H,2-6,10H2,1,7-9H3/b12-11-,14-13-,23-22?. The fraction of sp³-hybridized carbons (Fsp3) is 0.286. The second-order valence-corrected chi connectivity index (χ2v) is 6.35. The zero-order valence-corrected chi connectivity index (χ0v) is 16.6. The van der Waals surface area contributed by atoms with E-state index in [1.165, 1.54) is 11.9 Å². The van der Waals surface area contributed by atoms with Gasteiger partial charge in [-0.2, -0.15) is 0 Å². The number of nitrogens with zero attached hydrogens (tertiary/aromatic N) is 2. The molecule has 0 aliphatic rings. The Bertz CT molecular complexity index is 680. The van der Waals surface area contributed by atoms with Crippen molar-refractivity contribution in [2.75, 3.05) is 6.26 Å². The molecule has 1 unspecified atom stereocenters. The van der Waals surface area contributed by atoms with Crippen LogP contribution in [0.1, 0.15) is 27.2 Å². The number of hydrogen-bond acceptors (Lipinski definition) is 4. The number of carbonyl (C=O) groups excluding carboxylic acids is 1. The number of carbonyl (C=O) groups is 1. The van der Waals surface area contributed by atoms with E-state index in [1.54, 1.807) is 19.1 Å². The highest BCUT2D eigenvalue weighted by Gasteiger charge is 2.29. The summed E-state index contributed by atoms with van der Waals surface area (Å²) in [4.78, 5) is 11.9. The first kappa shape index (κ1) is 22.8. The summed E-state index contributed by atoms with van der Waals surface area (Å²) >= 11 is 1.25. The highest BCUT2D eigenvalue weighted by atomic mass is 32.2. The van der Waals surface area contributed by atoms with Gasteiger partial charge in [0.05, 0.1) is 5.70 Å². The molecule has 0 bridgehead atoms. The Balaban J connectivity index is 4.95. The van der Waals surface area contributed by atoms with Crippen molar-refractivity contribution < 1.29 is 4.79 Å². The minimum absolute atomic E-state index is 0.100. The monoisotopic (exact) mass is 356 g/mol. The molecule has 0 heterocycles. The molecular formula is C21H28N2OS. The zero-order valence-electron chi connectivity index (χ0n) is 15.8. The lowest BCUT2D eigenvalue weighted by Gasteiger charge is -2.25. The second kappa shape index (κ2) is 10.6. The van der Waals surface area contributed by atoms with Crippen molar-refractivity contribution in [2.24, 2.45) is 15.0 Å². The van der Waals surface area contributed by atoms with Gasteiger partial charge in [0, 0.05) is 11.7 Å². The predicted octanol–water partition coefficient (Wildman–Crippen LogP) is 6.57. The fourth-order valence-electron chi connectivity index (χ4n) is 1.75. The maximum absolute atomic E-state index is 11.9. The topological polar surface area (TPSA) is 41.8 Å². The van der Waals surface area contributed by atoms with Gasteiger partial charge in [-0.05, 0) is 54.5 Å². The number of ketones is 1. The van der Waals surface area contributed by atoms with Gasteiger partial charge in [0.15, 0.2) is 0 Å². The van der Waals surface area contributed by atoms with Gasteiger partial charge in [0.1, 0.15) is 5.78 Å². The number of allylic oxidation sites excluding steroid dienone is 7. The number of hydrogen-bond donors (Lipinski definition) is 0.